The minimum atomic E-state index is -0.455. The Balaban J connectivity index is 0.00000144. The molecule has 0 saturated carbocycles. The second kappa shape index (κ2) is 6.01. The van der Waals surface area contributed by atoms with E-state index in [0.29, 0.717) is 28.1 Å². The van der Waals surface area contributed by atoms with Crippen molar-refractivity contribution in [3.8, 4) is 0 Å². The summed E-state index contributed by atoms with van der Waals surface area (Å²) < 4.78 is 4.77. The van der Waals surface area contributed by atoms with Crippen molar-refractivity contribution < 1.29 is 9.53 Å². The number of benzene rings is 1. The van der Waals surface area contributed by atoms with Gasteiger partial charge < -0.3 is 10.1 Å². The first-order valence-corrected chi connectivity index (χ1v) is 5.79. The Kier molecular flexibility index (Phi) is 5.20. The molecular formula is C10H9Cl4NO2. The SMILES string of the molecule is Cl.O=C1N[C@H](c2cc(Cl)cc(Cl)c2Cl)CCO1. The molecule has 7 heteroatoms. The third-order valence-corrected chi connectivity index (χ3v) is 3.36. The first-order valence-electron chi connectivity index (χ1n) is 4.65. The number of halogens is 4. The normalized spacial score (nSPS) is 19.0. The van der Waals surface area contributed by atoms with Crippen molar-refractivity contribution in [2.45, 2.75) is 12.5 Å². The Morgan fingerprint density at radius 3 is 2.65 bits per heavy atom. The molecule has 0 aliphatic carbocycles. The van der Waals surface area contributed by atoms with Gasteiger partial charge >= 0.3 is 6.09 Å². The molecule has 1 aromatic carbocycles. The summed E-state index contributed by atoms with van der Waals surface area (Å²) in [6.07, 6.45) is 0.186. The van der Waals surface area contributed by atoms with Gasteiger partial charge in [0.05, 0.1) is 22.7 Å². The minimum absolute atomic E-state index is 0. The van der Waals surface area contributed by atoms with Crippen molar-refractivity contribution in [2.24, 2.45) is 0 Å². The van der Waals surface area contributed by atoms with Gasteiger partial charge in [0, 0.05) is 11.4 Å². The molecule has 94 valence electrons. The molecule has 2 rings (SSSR count). The zero-order chi connectivity index (χ0) is 11.7. The van der Waals surface area contributed by atoms with Gasteiger partial charge in [-0.1, -0.05) is 34.8 Å². The predicted molar refractivity (Wildman–Crippen MR) is 70.6 cm³/mol. The summed E-state index contributed by atoms with van der Waals surface area (Å²) in [5.41, 5.74) is 0.718. The van der Waals surface area contributed by atoms with Crippen molar-refractivity contribution in [2.75, 3.05) is 6.61 Å². The molecule has 0 aromatic heterocycles. The molecule has 1 N–H and O–H groups in total. The van der Waals surface area contributed by atoms with Gasteiger partial charge in [-0.15, -0.1) is 12.4 Å². The number of hydrogen-bond donors (Lipinski definition) is 1. The molecule has 0 unspecified atom stereocenters. The first-order chi connectivity index (χ1) is 7.58. The van der Waals surface area contributed by atoms with Crippen molar-refractivity contribution in [1.29, 1.82) is 0 Å². The second-order valence-corrected chi connectivity index (χ2v) is 4.63. The molecule has 1 saturated heterocycles. The van der Waals surface area contributed by atoms with Gasteiger partial charge in [0.25, 0.3) is 0 Å². The maximum absolute atomic E-state index is 11.1. The van der Waals surface area contributed by atoms with Crippen molar-refractivity contribution in [3.05, 3.63) is 32.8 Å². The van der Waals surface area contributed by atoms with Crippen molar-refractivity contribution in [3.63, 3.8) is 0 Å². The largest absolute Gasteiger partial charge is 0.449 e. The van der Waals surface area contributed by atoms with Crippen LogP contribution in [-0.4, -0.2) is 12.7 Å². The van der Waals surface area contributed by atoms with Gasteiger partial charge in [0.2, 0.25) is 0 Å². The van der Waals surface area contributed by atoms with E-state index in [1.807, 2.05) is 0 Å². The lowest BCUT2D eigenvalue weighted by Gasteiger charge is -2.24. The second-order valence-electron chi connectivity index (χ2n) is 3.41. The van der Waals surface area contributed by atoms with Crippen LogP contribution in [0.25, 0.3) is 0 Å². The van der Waals surface area contributed by atoms with E-state index in [0.717, 1.165) is 5.56 Å². The molecule has 1 aliphatic heterocycles. The average molecular weight is 317 g/mol. The fourth-order valence-corrected chi connectivity index (χ4v) is 2.34. The number of hydrogen-bond acceptors (Lipinski definition) is 2. The fourth-order valence-electron chi connectivity index (χ4n) is 1.59. The van der Waals surface area contributed by atoms with Crippen molar-refractivity contribution >= 4 is 53.3 Å². The van der Waals surface area contributed by atoms with E-state index >= 15 is 0 Å². The third-order valence-electron chi connectivity index (χ3n) is 2.33. The molecule has 1 aromatic rings. The maximum atomic E-state index is 11.1. The van der Waals surface area contributed by atoms with Crippen LogP contribution in [0.4, 0.5) is 4.79 Å². The summed E-state index contributed by atoms with van der Waals surface area (Å²) in [6.45, 7) is 0.358. The van der Waals surface area contributed by atoms with Crippen LogP contribution in [0.3, 0.4) is 0 Å². The molecule has 1 atom stereocenters. The van der Waals surface area contributed by atoms with Gasteiger partial charge in [-0.2, -0.15) is 0 Å². The van der Waals surface area contributed by atoms with E-state index in [4.69, 9.17) is 39.5 Å². The molecule has 17 heavy (non-hydrogen) atoms. The zero-order valence-corrected chi connectivity index (χ0v) is 11.6. The molecule has 1 amide bonds. The number of nitrogens with one attached hydrogen (secondary N) is 1. The van der Waals surface area contributed by atoms with Gasteiger partial charge in [0.1, 0.15) is 0 Å². The topological polar surface area (TPSA) is 38.3 Å². The van der Waals surface area contributed by atoms with E-state index in [1.165, 1.54) is 0 Å². The summed E-state index contributed by atoms with van der Waals surface area (Å²) in [5, 5.41) is 3.95. The van der Waals surface area contributed by atoms with Gasteiger partial charge in [-0.3, -0.25) is 0 Å². The quantitative estimate of drug-likeness (QED) is 0.787. The summed E-state index contributed by atoms with van der Waals surface area (Å²) in [5.74, 6) is 0. The van der Waals surface area contributed by atoms with Gasteiger partial charge in [0.15, 0.2) is 0 Å². The first kappa shape index (κ1) is 14.7. The standard InChI is InChI=1S/C10H8Cl3NO2.ClH/c11-5-3-6(9(13)7(12)4-5)8-1-2-16-10(15)14-8;/h3-4,8H,1-2H2,(H,14,15);1H/t8-;/m0./s1. The Labute approximate surface area is 120 Å². The van der Waals surface area contributed by atoms with E-state index in [-0.39, 0.29) is 18.4 Å². The number of carbonyl (C=O) groups is 1. The summed E-state index contributed by atoms with van der Waals surface area (Å²) in [4.78, 5) is 11.1. The van der Waals surface area contributed by atoms with Crippen LogP contribution in [0.5, 0.6) is 0 Å². The number of carbonyl (C=O) groups excluding carboxylic acids is 1. The minimum Gasteiger partial charge on any atom is -0.449 e. The number of cyclic esters (lactones) is 1. The zero-order valence-electron chi connectivity index (χ0n) is 8.50. The predicted octanol–water partition coefficient (Wildman–Crippen LogP) is 4.24. The van der Waals surface area contributed by atoms with Crippen LogP contribution in [0, 0.1) is 0 Å². The third kappa shape index (κ3) is 3.32. The number of rotatable bonds is 1. The van der Waals surface area contributed by atoms with Crippen LogP contribution < -0.4 is 5.32 Å². The Morgan fingerprint density at radius 2 is 2.00 bits per heavy atom. The monoisotopic (exact) mass is 315 g/mol. The Bertz CT molecular complexity index is 439. The Hall–Kier alpha value is -0.350. The number of alkyl carbamates (subject to hydrolysis) is 1. The molecule has 1 aliphatic rings. The lowest BCUT2D eigenvalue weighted by Crippen LogP contribution is -2.35. The molecule has 0 radical (unpaired) electrons. The highest BCUT2D eigenvalue weighted by Gasteiger charge is 2.24. The van der Waals surface area contributed by atoms with Crippen LogP contribution in [0.1, 0.15) is 18.0 Å². The highest BCUT2D eigenvalue weighted by atomic mass is 35.5. The highest BCUT2D eigenvalue weighted by molar-refractivity contribution is 6.43. The van der Waals surface area contributed by atoms with Crippen LogP contribution >= 0.6 is 47.2 Å². The van der Waals surface area contributed by atoms with Gasteiger partial charge in [-0.05, 0) is 17.7 Å². The molecule has 1 heterocycles. The lowest BCUT2D eigenvalue weighted by molar-refractivity contribution is 0.115. The molecule has 0 spiro atoms. The van der Waals surface area contributed by atoms with Crippen molar-refractivity contribution in [1.82, 2.24) is 5.32 Å². The molecule has 0 bridgehead atoms. The van der Waals surface area contributed by atoms with E-state index in [9.17, 15) is 4.79 Å². The molecular weight excluding hydrogens is 308 g/mol. The number of amides is 1. The van der Waals surface area contributed by atoms with E-state index < -0.39 is 6.09 Å². The molecule has 1 fully saturated rings. The van der Waals surface area contributed by atoms with Gasteiger partial charge in [-0.25, -0.2) is 4.79 Å². The smallest absolute Gasteiger partial charge is 0.407 e. The van der Waals surface area contributed by atoms with Crippen LogP contribution in [-0.2, 0) is 4.74 Å². The maximum Gasteiger partial charge on any atom is 0.407 e. The van der Waals surface area contributed by atoms with E-state index in [1.54, 1.807) is 12.1 Å². The average Bonchev–Trinajstić information content (AvgIpc) is 2.23. The number of ether oxygens (including phenoxy) is 1. The summed E-state index contributed by atoms with van der Waals surface area (Å²) in [7, 11) is 0. The summed E-state index contributed by atoms with van der Waals surface area (Å²) >= 11 is 17.9. The van der Waals surface area contributed by atoms with E-state index in [2.05, 4.69) is 5.32 Å². The Morgan fingerprint density at radius 1 is 1.29 bits per heavy atom. The molecule has 3 nitrogen and oxygen atoms in total. The highest BCUT2D eigenvalue weighted by Crippen LogP contribution is 2.35. The summed E-state index contributed by atoms with van der Waals surface area (Å²) in [6, 6.07) is 3.06. The van der Waals surface area contributed by atoms with Crippen LogP contribution in [0.2, 0.25) is 15.1 Å². The fraction of sp³-hybridized carbons (Fsp3) is 0.300. The van der Waals surface area contributed by atoms with Crippen LogP contribution in [0.15, 0.2) is 12.1 Å². The lowest BCUT2D eigenvalue weighted by atomic mass is 10.0.